The molecule has 0 fully saturated rings. The molecule has 4 rings (SSSR count). The molecule has 0 aliphatic carbocycles. The van der Waals surface area contributed by atoms with Crippen LogP contribution in [0.15, 0.2) is 12.1 Å². The van der Waals surface area contributed by atoms with Crippen molar-refractivity contribution in [2.24, 2.45) is 7.05 Å². The smallest absolute Gasteiger partial charge is 0.307 e. The number of fused-ring (bicyclic) bond motifs is 2. The first-order valence-corrected chi connectivity index (χ1v) is 10.5. The van der Waals surface area contributed by atoms with E-state index in [9.17, 15) is 14.7 Å². The predicted octanol–water partition coefficient (Wildman–Crippen LogP) is 3.51. The quantitative estimate of drug-likeness (QED) is 0.512. The Morgan fingerprint density at radius 3 is 2.70 bits per heavy atom. The lowest BCUT2D eigenvalue weighted by Gasteiger charge is -2.24. The van der Waals surface area contributed by atoms with Crippen LogP contribution in [-0.4, -0.2) is 33.0 Å². The molecule has 30 heavy (non-hydrogen) atoms. The van der Waals surface area contributed by atoms with E-state index >= 15 is 0 Å². The number of ether oxygens (including phenoxy) is 1. The topological polar surface area (TPSA) is 81.4 Å². The third-order valence-electron chi connectivity index (χ3n) is 5.95. The number of hydrogen-bond acceptors (Lipinski definition) is 4. The summed E-state index contributed by atoms with van der Waals surface area (Å²) in [6.45, 7) is 6.13. The molecule has 3 aromatic rings. The Bertz CT molecular complexity index is 1230. The Labute approximate surface area is 177 Å². The summed E-state index contributed by atoms with van der Waals surface area (Å²) in [4.78, 5) is 28.6. The summed E-state index contributed by atoms with van der Waals surface area (Å²) in [6.07, 6.45) is 1.74. The van der Waals surface area contributed by atoms with Crippen LogP contribution in [0.4, 0.5) is 0 Å². The number of carbonyl (C=O) groups is 2. The summed E-state index contributed by atoms with van der Waals surface area (Å²) in [7, 11) is 4.57. The van der Waals surface area contributed by atoms with E-state index in [-0.39, 0.29) is 12.2 Å². The highest BCUT2D eigenvalue weighted by molar-refractivity contribution is 7.27. The Balaban J connectivity index is 2.14. The molecule has 0 spiro atoms. The van der Waals surface area contributed by atoms with Crippen LogP contribution < -0.4 is 10.0 Å². The maximum absolute atomic E-state index is 12.2. The van der Waals surface area contributed by atoms with Crippen molar-refractivity contribution in [3.8, 4) is 16.9 Å². The standard InChI is InChI=1S/C23H25N2O4P/c1-11-14-6-5-7-29-22(14)19(30)9-15(11)21-16(10-20(27)28)12(2)24-23-17(21)8-18(13(3)26)25(23)4/h8-9H,5-7,10,30H2,1-4H3,(H,27,28). The van der Waals surface area contributed by atoms with Crippen molar-refractivity contribution in [1.82, 2.24) is 9.55 Å². The molecule has 0 saturated carbocycles. The first kappa shape index (κ1) is 20.5. The summed E-state index contributed by atoms with van der Waals surface area (Å²) in [6, 6.07) is 3.88. The third kappa shape index (κ3) is 3.20. The van der Waals surface area contributed by atoms with Gasteiger partial charge in [-0.25, -0.2) is 4.98 Å². The molecule has 2 aromatic heterocycles. The van der Waals surface area contributed by atoms with Gasteiger partial charge in [-0.3, -0.25) is 9.59 Å². The number of aliphatic carboxylic acids is 1. The van der Waals surface area contributed by atoms with Crippen LogP contribution in [0.1, 0.15) is 46.2 Å². The summed E-state index contributed by atoms with van der Waals surface area (Å²) in [5, 5.41) is 11.3. The molecule has 3 heterocycles. The van der Waals surface area contributed by atoms with Crippen LogP contribution in [0.25, 0.3) is 22.2 Å². The largest absolute Gasteiger partial charge is 0.493 e. The lowest BCUT2D eigenvalue weighted by atomic mass is 9.87. The maximum Gasteiger partial charge on any atom is 0.307 e. The summed E-state index contributed by atoms with van der Waals surface area (Å²) < 4.78 is 7.70. The highest BCUT2D eigenvalue weighted by Gasteiger charge is 2.25. The van der Waals surface area contributed by atoms with E-state index in [1.165, 1.54) is 6.92 Å². The van der Waals surface area contributed by atoms with Gasteiger partial charge in [-0.05, 0) is 66.6 Å². The Morgan fingerprint density at radius 1 is 1.30 bits per heavy atom. The van der Waals surface area contributed by atoms with E-state index in [1.54, 1.807) is 4.57 Å². The number of aromatic nitrogens is 2. The van der Waals surface area contributed by atoms with Crippen molar-refractivity contribution in [3.05, 3.63) is 40.2 Å². The van der Waals surface area contributed by atoms with Gasteiger partial charge in [0.1, 0.15) is 11.4 Å². The lowest BCUT2D eigenvalue weighted by Crippen LogP contribution is -2.16. The predicted molar refractivity (Wildman–Crippen MR) is 120 cm³/mol. The molecule has 0 bridgehead atoms. The zero-order chi connectivity index (χ0) is 21.7. The van der Waals surface area contributed by atoms with Gasteiger partial charge in [0.25, 0.3) is 0 Å². The van der Waals surface area contributed by atoms with Gasteiger partial charge in [0.05, 0.1) is 18.7 Å². The Kier molecular flexibility index (Phi) is 5.15. The molecule has 0 radical (unpaired) electrons. The Morgan fingerprint density at radius 2 is 2.03 bits per heavy atom. The number of hydrogen-bond donors (Lipinski definition) is 1. The van der Waals surface area contributed by atoms with Crippen LogP contribution in [0.2, 0.25) is 0 Å². The monoisotopic (exact) mass is 424 g/mol. The second-order valence-electron chi connectivity index (χ2n) is 7.90. The fourth-order valence-corrected chi connectivity index (χ4v) is 4.91. The van der Waals surface area contributed by atoms with Crippen molar-refractivity contribution >= 4 is 37.3 Å². The highest BCUT2D eigenvalue weighted by Crippen LogP contribution is 2.40. The average molecular weight is 424 g/mol. The number of rotatable bonds is 4. The van der Waals surface area contributed by atoms with Gasteiger partial charge in [0.15, 0.2) is 5.78 Å². The van der Waals surface area contributed by atoms with E-state index in [1.807, 2.05) is 26.1 Å². The van der Waals surface area contributed by atoms with E-state index < -0.39 is 5.97 Å². The number of carboxylic acids is 1. The molecule has 1 aromatic carbocycles. The van der Waals surface area contributed by atoms with Crippen LogP contribution in [0.3, 0.4) is 0 Å². The highest BCUT2D eigenvalue weighted by atomic mass is 31.0. The summed E-state index contributed by atoms with van der Waals surface area (Å²) >= 11 is 0. The fourth-order valence-electron chi connectivity index (χ4n) is 4.49. The lowest BCUT2D eigenvalue weighted by molar-refractivity contribution is -0.136. The van der Waals surface area contributed by atoms with E-state index in [0.29, 0.717) is 29.2 Å². The second kappa shape index (κ2) is 7.51. The minimum Gasteiger partial charge on any atom is -0.493 e. The maximum atomic E-state index is 12.2. The average Bonchev–Trinajstić information content (AvgIpc) is 3.02. The molecule has 156 valence electrons. The van der Waals surface area contributed by atoms with Crippen LogP contribution in [0.5, 0.6) is 5.75 Å². The minimum atomic E-state index is -0.909. The molecule has 6 nitrogen and oxygen atoms in total. The zero-order valence-electron chi connectivity index (χ0n) is 17.6. The van der Waals surface area contributed by atoms with Gasteiger partial charge >= 0.3 is 5.97 Å². The fraction of sp³-hybridized carbons (Fsp3) is 0.348. The van der Waals surface area contributed by atoms with Gasteiger partial charge in [-0.2, -0.15) is 0 Å². The summed E-state index contributed by atoms with van der Waals surface area (Å²) in [5.41, 5.74) is 6.64. The molecular weight excluding hydrogens is 399 g/mol. The van der Waals surface area contributed by atoms with Gasteiger partial charge in [0.2, 0.25) is 0 Å². The van der Waals surface area contributed by atoms with Crippen LogP contribution in [-0.2, 0) is 24.7 Å². The van der Waals surface area contributed by atoms with E-state index in [4.69, 9.17) is 4.74 Å². The van der Waals surface area contributed by atoms with Crippen LogP contribution in [0, 0.1) is 13.8 Å². The number of carbonyl (C=O) groups excluding carboxylic acids is 1. The van der Waals surface area contributed by atoms with Gasteiger partial charge < -0.3 is 14.4 Å². The molecule has 1 N–H and O–H groups in total. The zero-order valence-corrected chi connectivity index (χ0v) is 18.8. The van der Waals surface area contributed by atoms with E-state index in [0.717, 1.165) is 51.5 Å². The molecule has 0 saturated heterocycles. The first-order chi connectivity index (χ1) is 14.2. The molecule has 1 unspecified atom stereocenters. The molecule has 7 heteroatoms. The SMILES string of the molecule is CC(=O)c1cc2c(-c3cc(P)c4c(c3C)CCCO4)c(CC(=O)O)c(C)nc2n1C. The van der Waals surface area contributed by atoms with Crippen molar-refractivity contribution in [2.75, 3.05) is 6.61 Å². The Hall–Kier alpha value is -2.72. The number of pyridine rings is 1. The number of ketones is 1. The third-order valence-corrected chi connectivity index (χ3v) is 6.38. The van der Waals surface area contributed by atoms with Crippen molar-refractivity contribution in [2.45, 2.75) is 40.0 Å². The van der Waals surface area contributed by atoms with E-state index in [2.05, 4.69) is 21.1 Å². The normalized spacial score (nSPS) is 13.2. The van der Waals surface area contributed by atoms with Crippen molar-refractivity contribution < 1.29 is 19.4 Å². The first-order valence-electron chi connectivity index (χ1n) is 9.97. The number of carboxylic acid groups (broad SMARTS) is 1. The molecule has 1 aliphatic heterocycles. The van der Waals surface area contributed by atoms with Gasteiger partial charge in [0, 0.05) is 30.4 Å². The molecule has 1 atom stereocenters. The van der Waals surface area contributed by atoms with Crippen LogP contribution >= 0.6 is 9.24 Å². The van der Waals surface area contributed by atoms with Crippen molar-refractivity contribution in [3.63, 3.8) is 0 Å². The number of benzene rings is 1. The summed E-state index contributed by atoms with van der Waals surface area (Å²) in [5.74, 6) is -0.0544. The van der Waals surface area contributed by atoms with Gasteiger partial charge in [-0.15, -0.1) is 9.24 Å². The number of Topliss-reactive ketones (excluding diaryl/α,β-unsaturated/α-hetero) is 1. The van der Waals surface area contributed by atoms with Gasteiger partial charge in [-0.1, -0.05) is 0 Å². The number of aryl methyl sites for hydroxylation is 2. The molecule has 1 aliphatic rings. The van der Waals surface area contributed by atoms with Crippen molar-refractivity contribution in [1.29, 1.82) is 0 Å². The second-order valence-corrected chi connectivity index (χ2v) is 8.52. The number of nitrogens with zero attached hydrogens (tertiary/aromatic N) is 2. The molecule has 0 amide bonds. The molecular formula is C23H25N2O4P. The minimum absolute atomic E-state index is 0.0545.